The molecule has 0 radical (unpaired) electrons. The first-order chi connectivity index (χ1) is 13.9. The van der Waals surface area contributed by atoms with Gasteiger partial charge in [0.05, 0.1) is 13.3 Å². The molecule has 3 rings (SSSR count). The van der Waals surface area contributed by atoms with Gasteiger partial charge in [0.15, 0.2) is 0 Å². The van der Waals surface area contributed by atoms with Crippen molar-refractivity contribution in [1.29, 1.82) is 0 Å². The summed E-state index contributed by atoms with van der Waals surface area (Å²) in [5.41, 5.74) is 6.95. The van der Waals surface area contributed by atoms with E-state index in [2.05, 4.69) is 61.3 Å². The minimum absolute atomic E-state index is 0.157. The predicted molar refractivity (Wildman–Crippen MR) is 119 cm³/mol. The van der Waals surface area contributed by atoms with Gasteiger partial charge in [-0.25, -0.2) is 5.43 Å². The smallest absolute Gasteiger partial charge is 0.271 e. The van der Waals surface area contributed by atoms with Crippen LogP contribution >= 0.6 is 0 Å². The number of anilines is 1. The molecule has 0 bridgehead atoms. The summed E-state index contributed by atoms with van der Waals surface area (Å²) >= 11 is 0. The van der Waals surface area contributed by atoms with E-state index in [1.165, 1.54) is 11.3 Å². The third-order valence-corrected chi connectivity index (χ3v) is 5.59. The number of methoxy groups -OCH3 is 1. The van der Waals surface area contributed by atoms with Crippen LogP contribution in [0.1, 0.15) is 67.9 Å². The van der Waals surface area contributed by atoms with E-state index in [0.29, 0.717) is 17.2 Å². The number of hydrogen-bond donors (Lipinski definition) is 1. The molecule has 0 saturated carbocycles. The minimum atomic E-state index is -0.244. The first-order valence-electron chi connectivity index (χ1n) is 10.2. The zero-order valence-electron chi connectivity index (χ0n) is 18.0. The Balaban J connectivity index is 1.74. The number of hydrogen-bond acceptors (Lipinski definition) is 4. The molecular weight excluding hydrogens is 362 g/mol. The predicted octanol–water partition coefficient (Wildman–Crippen LogP) is 4.96. The molecule has 1 unspecified atom stereocenters. The molecule has 29 heavy (non-hydrogen) atoms. The summed E-state index contributed by atoms with van der Waals surface area (Å²) in [5.74, 6) is 0.954. The second-order valence-corrected chi connectivity index (χ2v) is 8.32. The Kier molecular flexibility index (Phi) is 6.26. The zero-order valence-corrected chi connectivity index (χ0v) is 18.0. The molecule has 0 saturated heterocycles. The van der Waals surface area contributed by atoms with Gasteiger partial charge in [-0.3, -0.25) is 4.79 Å². The summed E-state index contributed by atoms with van der Waals surface area (Å²) in [6.45, 7) is 10.2. The Bertz CT molecular complexity index is 887. The Morgan fingerprint density at radius 1 is 1.28 bits per heavy atom. The maximum Gasteiger partial charge on any atom is 0.271 e. The van der Waals surface area contributed by atoms with Crippen molar-refractivity contribution in [3.63, 3.8) is 0 Å². The van der Waals surface area contributed by atoms with Gasteiger partial charge in [0, 0.05) is 23.3 Å². The van der Waals surface area contributed by atoms with E-state index in [4.69, 9.17) is 4.74 Å². The fourth-order valence-corrected chi connectivity index (χ4v) is 4.21. The Hall–Kier alpha value is -2.82. The normalized spacial score (nSPS) is 17.8. The molecule has 0 aromatic heterocycles. The van der Waals surface area contributed by atoms with Crippen LogP contribution in [0.2, 0.25) is 0 Å². The number of nitrogens with zero attached hydrogens (tertiary/aromatic N) is 2. The van der Waals surface area contributed by atoms with Crippen molar-refractivity contribution in [3.05, 3.63) is 59.2 Å². The molecule has 1 aliphatic heterocycles. The maximum atomic E-state index is 12.2. The minimum Gasteiger partial charge on any atom is -0.497 e. The number of carbonyl (C=O) groups is 1. The highest BCUT2D eigenvalue weighted by atomic mass is 16.5. The lowest BCUT2D eigenvalue weighted by atomic mass is 9.79. The number of fused-ring (bicyclic) bond motifs is 1. The summed E-state index contributed by atoms with van der Waals surface area (Å²) < 4.78 is 5.11. The molecule has 5 heteroatoms. The quantitative estimate of drug-likeness (QED) is 0.557. The second kappa shape index (κ2) is 8.68. The van der Waals surface area contributed by atoms with Crippen LogP contribution in [0.25, 0.3) is 0 Å². The Morgan fingerprint density at radius 2 is 2.00 bits per heavy atom. The summed E-state index contributed by atoms with van der Waals surface area (Å²) in [6.07, 6.45) is 3.95. The van der Waals surface area contributed by atoms with Crippen LogP contribution in [-0.4, -0.2) is 31.3 Å². The Labute approximate surface area is 173 Å². The third-order valence-electron chi connectivity index (χ3n) is 5.59. The lowest BCUT2D eigenvalue weighted by Crippen LogP contribution is -2.48. The van der Waals surface area contributed by atoms with Gasteiger partial charge in [0.2, 0.25) is 0 Å². The van der Waals surface area contributed by atoms with Crippen LogP contribution in [0.4, 0.5) is 5.69 Å². The molecule has 0 fully saturated rings. The van der Waals surface area contributed by atoms with E-state index in [1.807, 2.05) is 0 Å². The molecule has 1 N–H and O–H groups in total. The number of amides is 1. The Morgan fingerprint density at radius 3 is 2.66 bits per heavy atom. The molecule has 1 aliphatic rings. The number of ether oxygens (including phenoxy) is 1. The summed E-state index contributed by atoms with van der Waals surface area (Å²) in [7, 11) is 1.60. The molecule has 0 spiro atoms. The molecular formula is C24H31N3O2. The summed E-state index contributed by atoms with van der Waals surface area (Å²) in [6, 6.07) is 13.4. The maximum absolute atomic E-state index is 12.2. The van der Waals surface area contributed by atoms with Gasteiger partial charge in [-0.15, -0.1) is 0 Å². The first-order valence-corrected chi connectivity index (χ1v) is 10.2. The van der Waals surface area contributed by atoms with Crippen molar-refractivity contribution in [3.8, 4) is 5.75 Å². The van der Waals surface area contributed by atoms with Gasteiger partial charge in [-0.2, -0.15) is 5.10 Å². The molecule has 0 aliphatic carbocycles. The first kappa shape index (κ1) is 20.9. The fraction of sp³-hybridized carbons (Fsp3) is 0.417. The van der Waals surface area contributed by atoms with E-state index < -0.39 is 0 Å². The van der Waals surface area contributed by atoms with Crippen LogP contribution < -0.4 is 15.1 Å². The van der Waals surface area contributed by atoms with E-state index in [0.717, 1.165) is 24.9 Å². The van der Waals surface area contributed by atoms with Crippen molar-refractivity contribution < 1.29 is 9.53 Å². The van der Waals surface area contributed by atoms with Crippen molar-refractivity contribution in [1.82, 2.24) is 5.43 Å². The number of hydrazone groups is 1. The zero-order chi connectivity index (χ0) is 21.0. The highest BCUT2D eigenvalue weighted by molar-refractivity contribution is 5.95. The number of benzene rings is 2. The average Bonchev–Trinajstić information content (AvgIpc) is 2.71. The van der Waals surface area contributed by atoms with E-state index in [9.17, 15) is 4.79 Å². The van der Waals surface area contributed by atoms with Gasteiger partial charge in [0.25, 0.3) is 5.91 Å². The molecule has 1 amide bonds. The van der Waals surface area contributed by atoms with Crippen molar-refractivity contribution in [2.24, 2.45) is 5.10 Å². The lowest BCUT2D eigenvalue weighted by molar-refractivity contribution is 0.0955. The second-order valence-electron chi connectivity index (χ2n) is 8.32. The number of carbonyl (C=O) groups excluding carboxylic acids is 1. The number of rotatable bonds is 6. The van der Waals surface area contributed by atoms with Gasteiger partial charge in [-0.1, -0.05) is 19.9 Å². The van der Waals surface area contributed by atoms with Crippen LogP contribution in [0.5, 0.6) is 5.75 Å². The van der Waals surface area contributed by atoms with Gasteiger partial charge >= 0.3 is 0 Å². The van der Waals surface area contributed by atoms with E-state index in [1.54, 1.807) is 37.6 Å². The molecule has 1 atom stereocenters. The molecule has 154 valence electrons. The van der Waals surface area contributed by atoms with Crippen LogP contribution in [-0.2, 0) is 0 Å². The van der Waals surface area contributed by atoms with Crippen molar-refractivity contribution in [2.75, 3.05) is 18.6 Å². The lowest BCUT2D eigenvalue weighted by Gasteiger charge is -2.47. The standard InChI is InChI=1S/C24H31N3O2/c1-6-13-27-22-12-7-18(14-21(22)17(2)15-24(27,3)4)16-25-26-23(28)19-8-10-20(29-5)11-9-19/h7-12,14,16-17H,6,13,15H2,1-5H3,(H,26,28)/b25-16-. The fourth-order valence-electron chi connectivity index (χ4n) is 4.21. The molecule has 5 nitrogen and oxygen atoms in total. The highest BCUT2D eigenvalue weighted by Gasteiger charge is 2.35. The molecule has 2 aromatic rings. The SMILES string of the molecule is CCCN1c2ccc(/C=N\NC(=O)c3ccc(OC)cc3)cc2C(C)CC1(C)C. The van der Waals surface area contributed by atoms with Crippen molar-refractivity contribution in [2.45, 2.75) is 52.0 Å². The van der Waals surface area contributed by atoms with Crippen molar-refractivity contribution >= 4 is 17.8 Å². The van der Waals surface area contributed by atoms with Gasteiger partial charge in [0.1, 0.15) is 5.75 Å². The summed E-state index contributed by atoms with van der Waals surface area (Å²) in [4.78, 5) is 14.8. The largest absolute Gasteiger partial charge is 0.497 e. The monoisotopic (exact) mass is 393 g/mol. The average molecular weight is 394 g/mol. The molecule has 1 heterocycles. The summed E-state index contributed by atoms with van der Waals surface area (Å²) in [5, 5.41) is 4.15. The van der Waals surface area contributed by atoms with Crippen LogP contribution in [0.3, 0.4) is 0 Å². The van der Waals surface area contributed by atoms with E-state index >= 15 is 0 Å². The molecule has 2 aromatic carbocycles. The highest BCUT2D eigenvalue weighted by Crippen LogP contribution is 2.43. The topological polar surface area (TPSA) is 53.9 Å². The van der Waals surface area contributed by atoms with Crippen LogP contribution in [0.15, 0.2) is 47.6 Å². The van der Waals surface area contributed by atoms with Gasteiger partial charge < -0.3 is 9.64 Å². The van der Waals surface area contributed by atoms with Gasteiger partial charge in [-0.05, 0) is 80.1 Å². The third kappa shape index (κ3) is 4.61. The van der Waals surface area contributed by atoms with E-state index in [-0.39, 0.29) is 11.4 Å². The number of nitrogens with one attached hydrogen (secondary N) is 1. The van der Waals surface area contributed by atoms with Crippen LogP contribution in [0, 0.1) is 0 Å².